The Bertz CT molecular complexity index is 932. The molecule has 2 aromatic rings. The van der Waals surface area contributed by atoms with Crippen LogP contribution >= 0.6 is 11.6 Å². The van der Waals surface area contributed by atoms with Crippen LogP contribution in [0.15, 0.2) is 47.4 Å². The quantitative estimate of drug-likeness (QED) is 0.647. The van der Waals surface area contributed by atoms with Crippen molar-refractivity contribution in [2.24, 2.45) is 0 Å². The Balaban J connectivity index is 1.83. The molecule has 0 aromatic heterocycles. The molecule has 0 saturated heterocycles. The Hall–Kier alpha value is -2.05. The van der Waals surface area contributed by atoms with E-state index in [-0.39, 0.29) is 33.3 Å². The van der Waals surface area contributed by atoms with Crippen molar-refractivity contribution in [1.82, 2.24) is 0 Å². The third kappa shape index (κ3) is 6.53. The van der Waals surface area contributed by atoms with Crippen LogP contribution in [0.25, 0.3) is 0 Å². The monoisotopic (exact) mass is 423 g/mol. The second kappa shape index (κ2) is 8.97. The number of amides is 1. The third-order valence-corrected chi connectivity index (χ3v) is 5.62. The molecule has 0 aliphatic heterocycles. The van der Waals surface area contributed by atoms with Crippen molar-refractivity contribution in [3.8, 4) is 5.75 Å². The molecule has 0 heterocycles. The van der Waals surface area contributed by atoms with E-state index in [9.17, 15) is 13.2 Å². The Morgan fingerprint density at radius 2 is 1.75 bits per heavy atom. The van der Waals surface area contributed by atoms with Crippen LogP contribution in [0.3, 0.4) is 0 Å². The number of anilines is 1. The molecule has 0 aliphatic carbocycles. The molecule has 2 aromatic carbocycles. The topological polar surface area (TPSA) is 72.5 Å². The van der Waals surface area contributed by atoms with Gasteiger partial charge in [0.15, 0.2) is 9.84 Å². The highest BCUT2D eigenvalue weighted by Crippen LogP contribution is 2.26. The average molecular weight is 424 g/mol. The molecule has 0 radical (unpaired) electrons. The summed E-state index contributed by atoms with van der Waals surface area (Å²) in [5.41, 5.74) is 1.60. The van der Waals surface area contributed by atoms with E-state index >= 15 is 0 Å². The van der Waals surface area contributed by atoms with Gasteiger partial charge in [-0.2, -0.15) is 0 Å². The third-order valence-electron chi connectivity index (χ3n) is 4.18. The Kier molecular flexibility index (Phi) is 7.12. The summed E-state index contributed by atoms with van der Waals surface area (Å²) in [6, 6.07) is 12.2. The maximum absolute atomic E-state index is 12.1. The van der Waals surface area contributed by atoms with E-state index in [1.54, 1.807) is 0 Å². The van der Waals surface area contributed by atoms with Crippen LogP contribution < -0.4 is 10.1 Å². The zero-order valence-corrected chi connectivity index (χ0v) is 18.2. The molecule has 0 unspecified atom stereocenters. The molecule has 7 heteroatoms. The van der Waals surface area contributed by atoms with E-state index in [0.29, 0.717) is 13.0 Å². The number of hydrogen-bond donors (Lipinski definition) is 1. The molecule has 1 N–H and O–H groups in total. The highest BCUT2D eigenvalue weighted by molar-refractivity contribution is 7.90. The highest BCUT2D eigenvalue weighted by atomic mass is 35.5. The first kappa shape index (κ1) is 22.2. The number of nitrogens with one attached hydrogen (secondary N) is 1. The van der Waals surface area contributed by atoms with Crippen LogP contribution in [0.2, 0.25) is 5.02 Å². The molecule has 152 valence electrons. The lowest BCUT2D eigenvalue weighted by Crippen LogP contribution is -2.14. The second-order valence-electron chi connectivity index (χ2n) is 7.69. The average Bonchev–Trinajstić information content (AvgIpc) is 2.59. The van der Waals surface area contributed by atoms with Crippen molar-refractivity contribution in [3.63, 3.8) is 0 Å². The minimum atomic E-state index is -3.37. The van der Waals surface area contributed by atoms with E-state index in [1.165, 1.54) is 23.8 Å². The maximum atomic E-state index is 12.1. The number of carbonyl (C=O) groups is 1. The van der Waals surface area contributed by atoms with Gasteiger partial charge in [0.05, 0.1) is 22.2 Å². The lowest BCUT2D eigenvalue weighted by atomic mass is 9.87. The lowest BCUT2D eigenvalue weighted by Gasteiger charge is -2.19. The number of halogens is 1. The van der Waals surface area contributed by atoms with Gasteiger partial charge in [0.1, 0.15) is 5.75 Å². The number of hydrogen-bond acceptors (Lipinski definition) is 4. The minimum absolute atomic E-state index is 0.0896. The molecule has 0 spiro atoms. The summed E-state index contributed by atoms with van der Waals surface area (Å²) < 4.78 is 28.9. The van der Waals surface area contributed by atoms with Gasteiger partial charge in [0, 0.05) is 12.7 Å². The molecule has 0 bridgehead atoms. The van der Waals surface area contributed by atoms with Gasteiger partial charge in [-0.15, -0.1) is 0 Å². The molecule has 0 fully saturated rings. The van der Waals surface area contributed by atoms with Crippen LogP contribution in [0.1, 0.15) is 39.2 Å². The molecule has 2 rings (SSSR count). The fourth-order valence-electron chi connectivity index (χ4n) is 2.52. The normalized spacial score (nSPS) is 11.9. The number of rotatable bonds is 7. The van der Waals surface area contributed by atoms with Crippen molar-refractivity contribution in [3.05, 3.63) is 53.1 Å². The van der Waals surface area contributed by atoms with Gasteiger partial charge >= 0.3 is 0 Å². The summed E-state index contributed by atoms with van der Waals surface area (Å²) in [7, 11) is -3.37. The fraction of sp³-hybridized carbons (Fsp3) is 0.381. The van der Waals surface area contributed by atoms with Crippen molar-refractivity contribution in [2.75, 3.05) is 18.2 Å². The SMILES string of the molecule is CC(C)(C)c1ccc(OCCCC(=O)Nc2cc(S(C)(=O)=O)ccc2Cl)cc1. The largest absolute Gasteiger partial charge is 0.494 e. The van der Waals surface area contributed by atoms with Gasteiger partial charge in [-0.25, -0.2) is 8.42 Å². The van der Waals surface area contributed by atoms with Gasteiger partial charge in [0.2, 0.25) is 5.91 Å². The van der Waals surface area contributed by atoms with Crippen LogP contribution in [0, 0.1) is 0 Å². The first-order valence-electron chi connectivity index (χ1n) is 8.99. The van der Waals surface area contributed by atoms with Gasteiger partial charge in [0.25, 0.3) is 0 Å². The van der Waals surface area contributed by atoms with Crippen LogP contribution in [-0.2, 0) is 20.0 Å². The Morgan fingerprint density at radius 3 is 2.32 bits per heavy atom. The van der Waals surface area contributed by atoms with E-state index < -0.39 is 9.84 Å². The predicted octanol–water partition coefficient (Wildman–Crippen LogP) is 4.84. The van der Waals surface area contributed by atoms with Crippen molar-refractivity contribution < 1.29 is 17.9 Å². The van der Waals surface area contributed by atoms with Crippen LogP contribution in [0.4, 0.5) is 5.69 Å². The van der Waals surface area contributed by atoms with Crippen molar-refractivity contribution in [1.29, 1.82) is 0 Å². The summed E-state index contributed by atoms with van der Waals surface area (Å²) in [6.07, 6.45) is 1.86. The van der Waals surface area contributed by atoms with Crippen molar-refractivity contribution >= 4 is 33.0 Å². The van der Waals surface area contributed by atoms with E-state index in [0.717, 1.165) is 12.0 Å². The second-order valence-corrected chi connectivity index (χ2v) is 10.1. The molecule has 0 saturated carbocycles. The first-order valence-corrected chi connectivity index (χ1v) is 11.3. The molecular formula is C21H26ClNO4S. The van der Waals surface area contributed by atoms with E-state index in [4.69, 9.17) is 16.3 Å². The highest BCUT2D eigenvalue weighted by Gasteiger charge is 2.14. The first-order chi connectivity index (χ1) is 13.0. The summed E-state index contributed by atoms with van der Waals surface area (Å²) in [6.45, 7) is 6.86. The van der Waals surface area contributed by atoms with E-state index in [2.05, 4.69) is 26.1 Å². The molecule has 0 atom stereocenters. The standard InChI is InChI=1S/C21H26ClNO4S/c1-21(2,3)15-7-9-16(10-8-15)27-13-5-6-20(24)23-19-14-17(28(4,25)26)11-12-18(19)22/h7-12,14H,5-6,13H2,1-4H3,(H,23,24). The van der Waals surface area contributed by atoms with Crippen LogP contribution in [-0.4, -0.2) is 27.2 Å². The number of ether oxygens (including phenoxy) is 1. The molecule has 5 nitrogen and oxygen atoms in total. The number of benzene rings is 2. The Morgan fingerprint density at radius 1 is 1.11 bits per heavy atom. The van der Waals surface area contributed by atoms with Gasteiger partial charge in [-0.1, -0.05) is 44.5 Å². The summed E-state index contributed by atoms with van der Waals surface area (Å²) in [5.74, 6) is 0.511. The van der Waals surface area contributed by atoms with Crippen LogP contribution in [0.5, 0.6) is 5.75 Å². The fourth-order valence-corrected chi connectivity index (χ4v) is 3.33. The number of carbonyl (C=O) groups excluding carboxylic acids is 1. The summed E-state index contributed by atoms with van der Waals surface area (Å²) in [4.78, 5) is 12.2. The van der Waals surface area contributed by atoms with Crippen molar-refractivity contribution in [2.45, 2.75) is 43.9 Å². The summed E-state index contributed by atoms with van der Waals surface area (Å²) >= 11 is 6.04. The maximum Gasteiger partial charge on any atom is 0.224 e. The zero-order valence-electron chi connectivity index (χ0n) is 16.6. The smallest absolute Gasteiger partial charge is 0.224 e. The van der Waals surface area contributed by atoms with Gasteiger partial charge < -0.3 is 10.1 Å². The molecular weight excluding hydrogens is 398 g/mol. The summed E-state index contributed by atoms with van der Waals surface area (Å²) in [5, 5.41) is 2.94. The molecule has 1 amide bonds. The number of sulfone groups is 1. The molecule has 28 heavy (non-hydrogen) atoms. The predicted molar refractivity (Wildman–Crippen MR) is 113 cm³/mol. The van der Waals surface area contributed by atoms with E-state index in [1.807, 2.05) is 24.3 Å². The zero-order chi connectivity index (χ0) is 20.9. The minimum Gasteiger partial charge on any atom is -0.494 e. The lowest BCUT2D eigenvalue weighted by molar-refractivity contribution is -0.116. The molecule has 0 aliphatic rings. The Labute approximate surface area is 172 Å². The van der Waals surface area contributed by atoms with Gasteiger partial charge in [-0.3, -0.25) is 4.79 Å². The van der Waals surface area contributed by atoms with Gasteiger partial charge in [-0.05, 0) is 47.7 Å².